The van der Waals surface area contributed by atoms with Crippen molar-refractivity contribution in [2.24, 2.45) is 0 Å². The number of para-hydroxylation sites is 1. The quantitative estimate of drug-likeness (QED) is 0.230. The van der Waals surface area contributed by atoms with E-state index in [4.69, 9.17) is 0 Å². The van der Waals surface area contributed by atoms with Gasteiger partial charge in [0.05, 0.1) is 0 Å². The van der Waals surface area contributed by atoms with Crippen molar-refractivity contribution in [3.8, 4) is 11.1 Å². The standard InChI is InChI=1S/C30H20BrNS/c31-28-20-25(19-27-26-13-7-8-14-29(26)33-30(27)28)32(23-11-5-2-6-12-23)24-17-15-22(16-18-24)21-9-3-1-4-10-21/h1-20H. The second-order valence-electron chi connectivity index (χ2n) is 7.99. The zero-order chi connectivity index (χ0) is 22.2. The predicted molar refractivity (Wildman–Crippen MR) is 147 cm³/mol. The number of fused-ring (bicyclic) bond motifs is 3. The molecule has 0 aliphatic rings. The van der Waals surface area contributed by atoms with Crippen molar-refractivity contribution >= 4 is 64.5 Å². The number of hydrogen-bond acceptors (Lipinski definition) is 2. The van der Waals surface area contributed by atoms with Crippen molar-refractivity contribution in [3.05, 3.63) is 126 Å². The second kappa shape index (κ2) is 8.51. The molecule has 0 aliphatic heterocycles. The number of benzene rings is 5. The SMILES string of the molecule is Brc1cc(N(c2ccccc2)c2ccc(-c3ccccc3)cc2)cc2c1sc1ccccc12. The van der Waals surface area contributed by atoms with E-state index >= 15 is 0 Å². The molecule has 3 heteroatoms. The Bertz CT molecular complexity index is 1550. The molecule has 0 spiro atoms. The smallest absolute Gasteiger partial charge is 0.0499 e. The van der Waals surface area contributed by atoms with E-state index < -0.39 is 0 Å². The van der Waals surface area contributed by atoms with Crippen LogP contribution in [-0.4, -0.2) is 0 Å². The predicted octanol–water partition coefficient (Wildman–Crippen LogP) is 9.95. The first-order valence-electron chi connectivity index (χ1n) is 10.9. The molecular weight excluding hydrogens is 486 g/mol. The lowest BCUT2D eigenvalue weighted by atomic mass is 10.0. The molecule has 0 unspecified atom stereocenters. The monoisotopic (exact) mass is 505 g/mol. The van der Waals surface area contributed by atoms with E-state index in [9.17, 15) is 0 Å². The molecule has 0 fully saturated rings. The van der Waals surface area contributed by atoms with Gasteiger partial charge in [0.15, 0.2) is 0 Å². The zero-order valence-electron chi connectivity index (χ0n) is 17.8. The third-order valence-corrected chi connectivity index (χ3v) is 8.03. The fourth-order valence-electron chi connectivity index (χ4n) is 4.36. The van der Waals surface area contributed by atoms with Crippen molar-refractivity contribution < 1.29 is 0 Å². The maximum atomic E-state index is 3.87. The van der Waals surface area contributed by atoms with Gasteiger partial charge in [-0.1, -0.05) is 78.9 Å². The van der Waals surface area contributed by atoms with Crippen molar-refractivity contribution in [3.63, 3.8) is 0 Å². The highest BCUT2D eigenvalue weighted by atomic mass is 79.9. The van der Waals surface area contributed by atoms with Gasteiger partial charge in [0.25, 0.3) is 0 Å². The van der Waals surface area contributed by atoms with Crippen molar-refractivity contribution in [2.45, 2.75) is 0 Å². The Morgan fingerprint density at radius 2 is 1.12 bits per heavy atom. The second-order valence-corrected chi connectivity index (χ2v) is 9.89. The summed E-state index contributed by atoms with van der Waals surface area (Å²) in [6.07, 6.45) is 0. The Morgan fingerprint density at radius 3 is 1.88 bits per heavy atom. The minimum absolute atomic E-state index is 1.12. The number of halogens is 1. The maximum Gasteiger partial charge on any atom is 0.0499 e. The average molecular weight is 506 g/mol. The van der Waals surface area contributed by atoms with Crippen LogP contribution in [-0.2, 0) is 0 Å². The summed E-state index contributed by atoms with van der Waals surface area (Å²) in [6, 6.07) is 43.1. The highest BCUT2D eigenvalue weighted by Gasteiger charge is 2.16. The van der Waals surface area contributed by atoms with Gasteiger partial charge in [-0.2, -0.15) is 0 Å². The molecule has 6 rings (SSSR count). The van der Waals surface area contributed by atoms with E-state index in [-0.39, 0.29) is 0 Å². The molecule has 158 valence electrons. The van der Waals surface area contributed by atoms with Crippen LogP contribution < -0.4 is 4.90 Å². The van der Waals surface area contributed by atoms with Crippen LogP contribution in [0.5, 0.6) is 0 Å². The number of anilines is 3. The third kappa shape index (κ3) is 3.74. The number of nitrogens with zero attached hydrogens (tertiary/aromatic N) is 1. The van der Waals surface area contributed by atoms with Gasteiger partial charge in [0.2, 0.25) is 0 Å². The molecule has 1 heterocycles. The molecule has 5 aromatic carbocycles. The van der Waals surface area contributed by atoms with Gasteiger partial charge in [-0.05, 0) is 69.5 Å². The molecule has 0 aliphatic carbocycles. The molecule has 0 saturated carbocycles. The summed E-state index contributed by atoms with van der Waals surface area (Å²) in [5.74, 6) is 0. The molecule has 0 radical (unpaired) electrons. The van der Waals surface area contributed by atoms with E-state index in [0.717, 1.165) is 21.5 Å². The topological polar surface area (TPSA) is 3.24 Å². The van der Waals surface area contributed by atoms with Gasteiger partial charge < -0.3 is 4.90 Å². The molecule has 0 amide bonds. The lowest BCUT2D eigenvalue weighted by Gasteiger charge is -2.26. The van der Waals surface area contributed by atoms with Crippen LogP contribution in [0.4, 0.5) is 17.1 Å². The third-order valence-electron chi connectivity index (χ3n) is 5.92. The van der Waals surface area contributed by atoms with Gasteiger partial charge in [-0.3, -0.25) is 0 Å². The largest absolute Gasteiger partial charge is 0.310 e. The van der Waals surface area contributed by atoms with Gasteiger partial charge in [0, 0.05) is 41.7 Å². The molecule has 0 saturated heterocycles. The van der Waals surface area contributed by atoms with E-state index in [1.807, 2.05) is 11.3 Å². The average Bonchev–Trinajstić information content (AvgIpc) is 3.25. The van der Waals surface area contributed by atoms with Gasteiger partial charge in [-0.15, -0.1) is 11.3 Å². The molecule has 0 N–H and O–H groups in total. The first-order chi connectivity index (χ1) is 16.3. The van der Waals surface area contributed by atoms with Crippen LogP contribution in [0.25, 0.3) is 31.3 Å². The normalized spacial score (nSPS) is 11.2. The van der Waals surface area contributed by atoms with Crippen LogP contribution >= 0.6 is 27.3 Å². The summed E-state index contributed by atoms with van der Waals surface area (Å²) >= 11 is 5.70. The van der Waals surface area contributed by atoms with Crippen LogP contribution in [0.1, 0.15) is 0 Å². The lowest BCUT2D eigenvalue weighted by Crippen LogP contribution is -2.09. The molecule has 6 aromatic rings. The summed E-state index contributed by atoms with van der Waals surface area (Å²) in [7, 11) is 0. The fraction of sp³-hybridized carbons (Fsp3) is 0. The van der Waals surface area contributed by atoms with Crippen LogP contribution in [0, 0.1) is 0 Å². The Kier molecular flexibility index (Phi) is 5.21. The number of rotatable bonds is 4. The highest BCUT2D eigenvalue weighted by molar-refractivity contribution is 9.10. The summed E-state index contributed by atoms with van der Waals surface area (Å²) in [5.41, 5.74) is 5.84. The van der Waals surface area contributed by atoms with E-state index in [2.05, 4.69) is 142 Å². The Morgan fingerprint density at radius 1 is 0.515 bits per heavy atom. The number of hydrogen-bond donors (Lipinski definition) is 0. The summed E-state index contributed by atoms with van der Waals surface area (Å²) in [4.78, 5) is 2.32. The molecule has 1 aromatic heterocycles. The van der Waals surface area contributed by atoms with Gasteiger partial charge in [-0.25, -0.2) is 0 Å². The number of thiophene rings is 1. The van der Waals surface area contributed by atoms with E-state index in [1.165, 1.54) is 31.3 Å². The Labute approximate surface area is 205 Å². The fourth-order valence-corrected chi connectivity index (χ4v) is 6.14. The molecule has 0 atom stereocenters. The maximum absolute atomic E-state index is 3.87. The van der Waals surface area contributed by atoms with Gasteiger partial charge in [0.1, 0.15) is 0 Å². The minimum atomic E-state index is 1.12. The molecular formula is C30H20BrNS. The van der Waals surface area contributed by atoms with E-state index in [0.29, 0.717) is 0 Å². The van der Waals surface area contributed by atoms with Crippen LogP contribution in [0.3, 0.4) is 0 Å². The first kappa shape index (κ1) is 20.2. The first-order valence-corrected chi connectivity index (χ1v) is 12.5. The zero-order valence-corrected chi connectivity index (χ0v) is 20.2. The van der Waals surface area contributed by atoms with E-state index in [1.54, 1.807) is 0 Å². The van der Waals surface area contributed by atoms with Crippen molar-refractivity contribution in [1.29, 1.82) is 0 Å². The summed E-state index contributed by atoms with van der Waals surface area (Å²) in [6.45, 7) is 0. The van der Waals surface area contributed by atoms with Crippen LogP contribution in [0.15, 0.2) is 126 Å². The Hall–Kier alpha value is -3.40. The summed E-state index contributed by atoms with van der Waals surface area (Å²) < 4.78 is 3.72. The van der Waals surface area contributed by atoms with Crippen molar-refractivity contribution in [1.82, 2.24) is 0 Å². The minimum Gasteiger partial charge on any atom is -0.310 e. The van der Waals surface area contributed by atoms with Gasteiger partial charge >= 0.3 is 0 Å². The van der Waals surface area contributed by atoms with Crippen LogP contribution in [0.2, 0.25) is 0 Å². The summed E-state index contributed by atoms with van der Waals surface area (Å²) in [5, 5.41) is 2.58. The lowest BCUT2D eigenvalue weighted by molar-refractivity contribution is 1.29. The molecule has 33 heavy (non-hydrogen) atoms. The molecule has 1 nitrogen and oxygen atoms in total. The molecule has 0 bridgehead atoms. The van der Waals surface area contributed by atoms with Crippen molar-refractivity contribution in [2.75, 3.05) is 4.90 Å². The Balaban J connectivity index is 1.52. The highest BCUT2D eigenvalue weighted by Crippen LogP contribution is 2.44.